The lowest BCUT2D eigenvalue weighted by Crippen LogP contribution is -2.53. The lowest BCUT2D eigenvalue weighted by molar-refractivity contribution is -0.208. The van der Waals surface area contributed by atoms with Crippen LogP contribution in [0.3, 0.4) is 0 Å². The van der Waals surface area contributed by atoms with E-state index in [2.05, 4.69) is 60.7 Å². The molecule has 5 heteroatoms. The number of Topliss-reactive ketones (excluding diaryl/α,β-unsaturated/α-hetero) is 1. The van der Waals surface area contributed by atoms with Gasteiger partial charge in [-0.3, -0.25) is 4.79 Å². The van der Waals surface area contributed by atoms with Crippen molar-refractivity contribution in [1.29, 1.82) is 0 Å². The third kappa shape index (κ3) is 3.43. The van der Waals surface area contributed by atoms with Crippen LogP contribution in [-0.4, -0.2) is 35.5 Å². The summed E-state index contributed by atoms with van der Waals surface area (Å²) in [6.07, 6.45) is 6.11. The molecule has 0 radical (unpaired) electrons. The van der Waals surface area contributed by atoms with Crippen LogP contribution in [0.4, 0.5) is 0 Å². The first-order valence-corrected chi connectivity index (χ1v) is 14.2. The number of carbonyl (C=O) groups excluding carboxylic acids is 1. The average Bonchev–Trinajstić information content (AvgIpc) is 3.33. The lowest BCUT2D eigenvalue weighted by Gasteiger charge is -2.56. The van der Waals surface area contributed by atoms with E-state index in [9.17, 15) is 9.90 Å². The van der Waals surface area contributed by atoms with Crippen molar-refractivity contribution < 1.29 is 19.4 Å². The average molecular weight is 577 g/mol. The number of carbonyl (C=O) groups is 1. The van der Waals surface area contributed by atoms with Gasteiger partial charge in [0.1, 0.15) is 5.78 Å². The van der Waals surface area contributed by atoms with Gasteiger partial charge >= 0.3 is 0 Å². The zero-order chi connectivity index (χ0) is 23.9. The molecule has 34 heavy (non-hydrogen) atoms. The molecule has 1 N–H and O–H groups in total. The number of ether oxygens (including phenoxy) is 2. The number of rotatable bonds is 2. The molecule has 1 aromatic carbocycles. The zero-order valence-electron chi connectivity index (χ0n) is 20.6. The van der Waals surface area contributed by atoms with Crippen molar-refractivity contribution in [2.75, 3.05) is 13.2 Å². The van der Waals surface area contributed by atoms with Crippen molar-refractivity contribution in [3.05, 3.63) is 44.5 Å². The van der Waals surface area contributed by atoms with Crippen molar-refractivity contribution in [2.24, 2.45) is 29.1 Å². The molecule has 0 aromatic heterocycles. The molecule has 0 bridgehead atoms. The van der Waals surface area contributed by atoms with Crippen molar-refractivity contribution in [2.45, 2.75) is 83.0 Å². The van der Waals surface area contributed by atoms with E-state index in [4.69, 9.17) is 9.47 Å². The summed E-state index contributed by atoms with van der Waals surface area (Å²) < 4.78 is 13.3. The molecule has 1 saturated heterocycles. The van der Waals surface area contributed by atoms with Crippen LogP contribution >= 0.6 is 22.6 Å². The van der Waals surface area contributed by atoms with Gasteiger partial charge < -0.3 is 14.6 Å². The summed E-state index contributed by atoms with van der Waals surface area (Å²) >= 11 is 2.37. The lowest BCUT2D eigenvalue weighted by atomic mass is 9.50. The zero-order valence-corrected chi connectivity index (χ0v) is 22.8. The van der Waals surface area contributed by atoms with E-state index in [0.717, 1.165) is 38.5 Å². The Labute approximate surface area is 217 Å². The smallest absolute Gasteiger partial charge is 0.171 e. The number of allylic oxidation sites excluding steroid dienone is 1. The predicted octanol–water partition coefficient (Wildman–Crippen LogP) is 6.01. The summed E-state index contributed by atoms with van der Waals surface area (Å²) in [5.41, 5.74) is 3.29. The van der Waals surface area contributed by atoms with Crippen LogP contribution in [0.25, 0.3) is 0 Å². The van der Waals surface area contributed by atoms with Gasteiger partial charge in [-0.15, -0.1) is 0 Å². The van der Waals surface area contributed by atoms with E-state index in [1.165, 1.54) is 20.3 Å². The van der Waals surface area contributed by atoms with Crippen LogP contribution in [0.15, 0.2) is 35.4 Å². The molecular formula is C29H37IO4. The van der Waals surface area contributed by atoms with E-state index in [1.54, 1.807) is 0 Å². The third-order valence-corrected chi connectivity index (χ3v) is 11.0. The third-order valence-electron chi connectivity index (χ3n) is 10.3. The minimum absolute atomic E-state index is 0.0106. The van der Waals surface area contributed by atoms with E-state index in [1.807, 2.05) is 6.92 Å². The fourth-order valence-electron chi connectivity index (χ4n) is 9.24. The Morgan fingerprint density at radius 1 is 1.15 bits per heavy atom. The molecule has 1 aliphatic heterocycles. The van der Waals surface area contributed by atoms with Gasteiger partial charge in [-0.05, 0) is 108 Å². The molecule has 5 aliphatic rings. The molecule has 1 spiro atoms. The van der Waals surface area contributed by atoms with Crippen molar-refractivity contribution in [3.8, 4) is 0 Å². The van der Waals surface area contributed by atoms with Gasteiger partial charge in [0, 0.05) is 28.2 Å². The van der Waals surface area contributed by atoms with Gasteiger partial charge in [0.05, 0.1) is 18.8 Å². The summed E-state index contributed by atoms with van der Waals surface area (Å²) in [6.45, 7) is 7.76. The molecule has 1 aromatic rings. The molecule has 3 unspecified atom stereocenters. The summed E-state index contributed by atoms with van der Waals surface area (Å²) in [6, 6.07) is 8.97. The van der Waals surface area contributed by atoms with Gasteiger partial charge in [0.15, 0.2) is 5.79 Å². The maximum Gasteiger partial charge on any atom is 0.171 e. The molecule has 0 amide bonds. The standard InChI is InChI=1S/C29H37IO4/c1-17-14-24-21-8-10-28(32)16-29(33-12-13-34-29)11-9-23(28)25(21)22(19-4-6-20(30)7-5-19)15-27(24,3)26(17)18(2)31/h4-7,17,21-22,24,26,32H,8-16H2,1-3H3/t17-,21?,22-,24?,26?,27+,28-/m1/s1. The molecule has 1 heterocycles. The van der Waals surface area contributed by atoms with E-state index >= 15 is 0 Å². The minimum atomic E-state index is -0.839. The summed E-state index contributed by atoms with van der Waals surface area (Å²) in [5, 5.41) is 12.1. The highest BCUT2D eigenvalue weighted by molar-refractivity contribution is 14.1. The molecule has 4 fully saturated rings. The largest absolute Gasteiger partial charge is 0.385 e. The first kappa shape index (κ1) is 23.6. The van der Waals surface area contributed by atoms with Crippen LogP contribution in [0.1, 0.15) is 77.2 Å². The van der Waals surface area contributed by atoms with Crippen molar-refractivity contribution in [3.63, 3.8) is 0 Å². The number of fused-ring (bicyclic) bond motifs is 4. The molecule has 6 rings (SSSR count). The first-order valence-electron chi connectivity index (χ1n) is 13.2. The van der Waals surface area contributed by atoms with Crippen molar-refractivity contribution >= 4 is 28.4 Å². The second-order valence-electron chi connectivity index (χ2n) is 12.1. The SMILES string of the molecule is CC(=O)C1[C@H](C)CC2C3CC[C@@]4(O)CC5(CCC4=C3[C@@H](c3ccc(I)cc3)C[C@@]21C)OCCO5. The molecule has 184 valence electrons. The quantitative estimate of drug-likeness (QED) is 0.346. The molecular weight excluding hydrogens is 539 g/mol. The van der Waals surface area contributed by atoms with Crippen LogP contribution in [-0.2, 0) is 14.3 Å². The minimum Gasteiger partial charge on any atom is -0.385 e. The molecule has 4 aliphatic carbocycles. The van der Waals surface area contributed by atoms with Gasteiger partial charge in [0.2, 0.25) is 0 Å². The molecule has 7 atom stereocenters. The summed E-state index contributed by atoms with van der Waals surface area (Å²) in [5.74, 6) is 1.53. The number of hydrogen-bond donors (Lipinski definition) is 1. The Balaban J connectivity index is 1.49. The number of ketones is 1. The second-order valence-corrected chi connectivity index (χ2v) is 13.4. The van der Waals surface area contributed by atoms with Gasteiger partial charge in [-0.25, -0.2) is 0 Å². The van der Waals surface area contributed by atoms with Crippen LogP contribution in [0.2, 0.25) is 0 Å². The van der Waals surface area contributed by atoms with Crippen LogP contribution in [0, 0.1) is 32.7 Å². The highest BCUT2D eigenvalue weighted by atomic mass is 127. The maximum atomic E-state index is 12.9. The monoisotopic (exact) mass is 576 g/mol. The van der Waals surface area contributed by atoms with Gasteiger partial charge in [-0.2, -0.15) is 0 Å². The predicted molar refractivity (Wildman–Crippen MR) is 139 cm³/mol. The fourth-order valence-corrected chi connectivity index (χ4v) is 9.60. The normalized spacial score (nSPS) is 42.9. The Hall–Kier alpha value is -0.760. The van der Waals surface area contributed by atoms with Gasteiger partial charge in [-0.1, -0.05) is 31.6 Å². The molecule has 4 nitrogen and oxygen atoms in total. The Morgan fingerprint density at radius 3 is 2.53 bits per heavy atom. The highest BCUT2D eigenvalue weighted by Crippen LogP contribution is 2.68. The Bertz CT molecular complexity index is 1030. The van der Waals surface area contributed by atoms with E-state index in [-0.39, 0.29) is 17.3 Å². The fraction of sp³-hybridized carbons (Fsp3) is 0.690. The number of benzene rings is 1. The van der Waals surface area contributed by atoms with E-state index in [0.29, 0.717) is 43.2 Å². The number of halogens is 1. The topological polar surface area (TPSA) is 55.8 Å². The van der Waals surface area contributed by atoms with Crippen LogP contribution in [0.5, 0.6) is 0 Å². The Morgan fingerprint density at radius 2 is 1.85 bits per heavy atom. The number of hydrogen-bond acceptors (Lipinski definition) is 4. The molecule has 3 saturated carbocycles. The number of aliphatic hydroxyl groups is 1. The Kier molecular flexibility index (Phi) is 5.64. The summed E-state index contributed by atoms with van der Waals surface area (Å²) in [4.78, 5) is 12.9. The van der Waals surface area contributed by atoms with Crippen LogP contribution < -0.4 is 0 Å². The van der Waals surface area contributed by atoms with E-state index < -0.39 is 11.4 Å². The summed E-state index contributed by atoms with van der Waals surface area (Å²) in [7, 11) is 0. The van der Waals surface area contributed by atoms with Crippen molar-refractivity contribution in [1.82, 2.24) is 0 Å². The first-order chi connectivity index (χ1) is 16.2. The second kappa shape index (κ2) is 8.12. The highest BCUT2D eigenvalue weighted by Gasteiger charge is 2.62. The van der Waals surface area contributed by atoms with Gasteiger partial charge in [0.25, 0.3) is 0 Å². The maximum absolute atomic E-state index is 12.9.